The van der Waals surface area contributed by atoms with Crippen molar-refractivity contribution < 1.29 is 22.0 Å². The van der Waals surface area contributed by atoms with E-state index in [9.17, 15) is 22.0 Å². The second kappa shape index (κ2) is 6.15. The summed E-state index contributed by atoms with van der Waals surface area (Å²) in [5.41, 5.74) is -0.387. The molecule has 2 aromatic carbocycles. The molecule has 4 nitrogen and oxygen atoms in total. The highest BCUT2D eigenvalue weighted by Crippen LogP contribution is 2.40. The maximum absolute atomic E-state index is 14.5. The van der Waals surface area contributed by atoms with Gasteiger partial charge in [-0.25, -0.2) is 13.8 Å². The van der Waals surface area contributed by atoms with Crippen molar-refractivity contribution in [3.05, 3.63) is 65.6 Å². The standard InChI is InChI=1S/C19H13F5N4/c1-10-16(12-5-3-4-6-13(12)19(22,23)24)18(27(2)26-10)28-9-25-15-8-11(20)7-14(21)17(15)28/h3-9H,1-2H3. The number of aryl methyl sites for hydroxylation is 2. The normalized spacial score (nSPS) is 12.1. The second-order valence-electron chi connectivity index (χ2n) is 6.32. The van der Waals surface area contributed by atoms with E-state index in [-0.39, 0.29) is 28.0 Å². The minimum Gasteiger partial charge on any atom is -0.280 e. The zero-order valence-electron chi connectivity index (χ0n) is 14.7. The Bertz CT molecular complexity index is 1200. The number of halogens is 5. The van der Waals surface area contributed by atoms with Crippen LogP contribution < -0.4 is 0 Å². The van der Waals surface area contributed by atoms with Crippen LogP contribution in [0.25, 0.3) is 28.0 Å². The molecule has 0 fully saturated rings. The summed E-state index contributed by atoms with van der Waals surface area (Å²) in [5.74, 6) is -1.47. The molecular weight excluding hydrogens is 379 g/mol. The molecule has 4 rings (SSSR count). The lowest BCUT2D eigenvalue weighted by Gasteiger charge is -2.15. The van der Waals surface area contributed by atoms with E-state index in [2.05, 4.69) is 10.1 Å². The van der Waals surface area contributed by atoms with Gasteiger partial charge in [0, 0.05) is 24.7 Å². The van der Waals surface area contributed by atoms with Crippen LogP contribution in [-0.2, 0) is 13.2 Å². The van der Waals surface area contributed by atoms with Gasteiger partial charge in [-0.3, -0.25) is 9.25 Å². The van der Waals surface area contributed by atoms with Crippen LogP contribution in [0.4, 0.5) is 22.0 Å². The number of fused-ring (bicyclic) bond motifs is 1. The molecule has 9 heteroatoms. The van der Waals surface area contributed by atoms with E-state index in [0.717, 1.165) is 12.1 Å². The first kappa shape index (κ1) is 18.1. The Morgan fingerprint density at radius 3 is 2.46 bits per heavy atom. The van der Waals surface area contributed by atoms with E-state index >= 15 is 0 Å². The van der Waals surface area contributed by atoms with Gasteiger partial charge < -0.3 is 0 Å². The first-order chi connectivity index (χ1) is 13.2. The van der Waals surface area contributed by atoms with E-state index in [0.29, 0.717) is 11.8 Å². The summed E-state index contributed by atoms with van der Waals surface area (Å²) in [7, 11) is 1.54. The molecule has 2 aromatic heterocycles. The Morgan fingerprint density at radius 1 is 1.04 bits per heavy atom. The molecule has 0 N–H and O–H groups in total. The molecule has 0 aliphatic rings. The molecule has 0 saturated heterocycles. The maximum atomic E-state index is 14.5. The average molecular weight is 392 g/mol. The lowest BCUT2D eigenvalue weighted by atomic mass is 9.99. The SMILES string of the molecule is Cc1nn(C)c(-n2cnc3cc(F)cc(F)c32)c1-c1ccccc1C(F)(F)F. The van der Waals surface area contributed by atoms with Gasteiger partial charge in [0.15, 0.2) is 5.82 Å². The third-order valence-electron chi connectivity index (χ3n) is 4.48. The molecule has 0 amide bonds. The lowest BCUT2D eigenvalue weighted by molar-refractivity contribution is -0.137. The number of hydrogen-bond acceptors (Lipinski definition) is 2. The van der Waals surface area contributed by atoms with Crippen molar-refractivity contribution in [3.8, 4) is 16.9 Å². The summed E-state index contributed by atoms with van der Waals surface area (Å²) in [6, 6.07) is 6.86. The lowest BCUT2D eigenvalue weighted by Crippen LogP contribution is -2.09. The molecule has 4 aromatic rings. The highest BCUT2D eigenvalue weighted by Gasteiger charge is 2.35. The van der Waals surface area contributed by atoms with Gasteiger partial charge in [-0.05, 0) is 18.6 Å². The van der Waals surface area contributed by atoms with Crippen molar-refractivity contribution in [1.29, 1.82) is 0 Å². The molecule has 0 saturated carbocycles. The summed E-state index contributed by atoms with van der Waals surface area (Å²) in [6.07, 6.45) is -3.34. The summed E-state index contributed by atoms with van der Waals surface area (Å²) in [4.78, 5) is 3.99. The molecule has 144 valence electrons. The van der Waals surface area contributed by atoms with E-state index in [1.165, 1.54) is 40.8 Å². The number of rotatable bonds is 2. The molecular formula is C19H13F5N4. The van der Waals surface area contributed by atoms with Gasteiger partial charge in [-0.15, -0.1) is 0 Å². The monoisotopic (exact) mass is 392 g/mol. The van der Waals surface area contributed by atoms with E-state index in [4.69, 9.17) is 0 Å². The summed E-state index contributed by atoms with van der Waals surface area (Å²) < 4.78 is 71.3. The van der Waals surface area contributed by atoms with Crippen LogP contribution in [-0.4, -0.2) is 19.3 Å². The van der Waals surface area contributed by atoms with Gasteiger partial charge in [-0.2, -0.15) is 18.3 Å². The Hall–Kier alpha value is -3.23. The van der Waals surface area contributed by atoms with Crippen molar-refractivity contribution in [1.82, 2.24) is 19.3 Å². The number of imidazole rings is 1. The largest absolute Gasteiger partial charge is 0.417 e. The van der Waals surface area contributed by atoms with Crippen molar-refractivity contribution in [2.24, 2.45) is 7.05 Å². The fourth-order valence-electron chi connectivity index (χ4n) is 3.41. The molecule has 0 aliphatic heterocycles. The van der Waals surface area contributed by atoms with Gasteiger partial charge in [0.2, 0.25) is 0 Å². The molecule has 2 heterocycles. The molecule has 0 atom stereocenters. The topological polar surface area (TPSA) is 35.6 Å². The second-order valence-corrected chi connectivity index (χ2v) is 6.32. The Balaban J connectivity index is 2.07. The molecule has 0 unspecified atom stereocenters. The predicted octanol–water partition coefficient (Wildman–Crippen LogP) is 5.03. The predicted molar refractivity (Wildman–Crippen MR) is 92.9 cm³/mol. The van der Waals surface area contributed by atoms with Gasteiger partial charge in [0.05, 0.1) is 16.8 Å². The number of alkyl halides is 3. The highest BCUT2D eigenvalue weighted by atomic mass is 19.4. The fraction of sp³-hybridized carbons (Fsp3) is 0.158. The third kappa shape index (κ3) is 2.74. The molecule has 28 heavy (non-hydrogen) atoms. The zero-order chi connectivity index (χ0) is 20.2. The van der Waals surface area contributed by atoms with Crippen LogP contribution >= 0.6 is 0 Å². The van der Waals surface area contributed by atoms with E-state index in [1.54, 1.807) is 6.92 Å². The number of aromatic nitrogens is 4. The summed E-state index contributed by atoms with van der Waals surface area (Å²) >= 11 is 0. The van der Waals surface area contributed by atoms with Gasteiger partial charge in [0.25, 0.3) is 0 Å². The van der Waals surface area contributed by atoms with Crippen LogP contribution in [0.1, 0.15) is 11.3 Å². The maximum Gasteiger partial charge on any atom is 0.417 e. The quantitative estimate of drug-likeness (QED) is 0.449. The minimum atomic E-state index is -4.58. The Morgan fingerprint density at radius 2 is 1.75 bits per heavy atom. The van der Waals surface area contributed by atoms with Gasteiger partial charge >= 0.3 is 6.18 Å². The zero-order valence-corrected chi connectivity index (χ0v) is 14.7. The van der Waals surface area contributed by atoms with Crippen molar-refractivity contribution in [2.45, 2.75) is 13.1 Å². The molecule has 0 radical (unpaired) electrons. The fourth-order valence-corrected chi connectivity index (χ4v) is 3.41. The van der Waals surface area contributed by atoms with Crippen molar-refractivity contribution in [2.75, 3.05) is 0 Å². The number of benzene rings is 2. The van der Waals surface area contributed by atoms with Crippen LogP contribution in [0.5, 0.6) is 0 Å². The average Bonchev–Trinajstić information content (AvgIpc) is 3.14. The molecule has 0 bridgehead atoms. The first-order valence-electron chi connectivity index (χ1n) is 8.21. The Labute approximate surface area is 155 Å². The van der Waals surface area contributed by atoms with E-state index < -0.39 is 23.4 Å². The molecule has 0 aliphatic carbocycles. The van der Waals surface area contributed by atoms with Gasteiger partial charge in [-0.1, -0.05) is 18.2 Å². The smallest absolute Gasteiger partial charge is 0.280 e. The number of nitrogens with zero attached hydrogens (tertiary/aromatic N) is 4. The highest BCUT2D eigenvalue weighted by molar-refractivity contribution is 5.83. The van der Waals surface area contributed by atoms with Crippen LogP contribution in [0.2, 0.25) is 0 Å². The van der Waals surface area contributed by atoms with Crippen LogP contribution in [0.3, 0.4) is 0 Å². The third-order valence-corrected chi connectivity index (χ3v) is 4.48. The first-order valence-corrected chi connectivity index (χ1v) is 8.21. The molecule has 0 spiro atoms. The van der Waals surface area contributed by atoms with Crippen LogP contribution in [0.15, 0.2) is 42.7 Å². The summed E-state index contributed by atoms with van der Waals surface area (Å²) in [6.45, 7) is 1.57. The van der Waals surface area contributed by atoms with E-state index in [1.807, 2.05) is 0 Å². The number of hydrogen-bond donors (Lipinski definition) is 0. The van der Waals surface area contributed by atoms with Crippen molar-refractivity contribution >= 4 is 11.0 Å². The van der Waals surface area contributed by atoms with Gasteiger partial charge in [0.1, 0.15) is 23.5 Å². The Kier molecular flexibility index (Phi) is 3.99. The summed E-state index contributed by atoms with van der Waals surface area (Å²) in [5, 5.41) is 4.22. The van der Waals surface area contributed by atoms with Crippen molar-refractivity contribution in [3.63, 3.8) is 0 Å². The minimum absolute atomic E-state index is 0.0462. The van der Waals surface area contributed by atoms with Crippen LogP contribution in [0, 0.1) is 18.6 Å².